The Bertz CT molecular complexity index is 911. The molecule has 0 N–H and O–H groups in total. The minimum atomic E-state index is -0.277. The first-order valence-corrected chi connectivity index (χ1v) is 7.78. The van der Waals surface area contributed by atoms with E-state index in [9.17, 15) is 4.79 Å². The number of hydrogen-bond acceptors (Lipinski definition) is 4. The average molecular weight is 324 g/mol. The average Bonchev–Trinajstić information content (AvgIpc) is 2.90. The summed E-state index contributed by atoms with van der Waals surface area (Å²) in [6.45, 7) is 4.99. The van der Waals surface area contributed by atoms with Crippen LogP contribution in [0.3, 0.4) is 0 Å². The van der Waals surface area contributed by atoms with Crippen LogP contribution in [-0.2, 0) is 25.0 Å². The maximum Gasteiger partial charge on any atom is 0.368 e. The van der Waals surface area contributed by atoms with Crippen molar-refractivity contribution < 1.29 is 4.74 Å². The Kier molecular flexibility index (Phi) is 4.57. The maximum atomic E-state index is 12.1. The summed E-state index contributed by atoms with van der Waals surface area (Å²) in [4.78, 5) is 12.1. The van der Waals surface area contributed by atoms with Gasteiger partial charge in [0.15, 0.2) is 0 Å². The quantitative estimate of drug-likeness (QED) is 0.722. The van der Waals surface area contributed by atoms with Gasteiger partial charge in [-0.1, -0.05) is 36.4 Å². The highest BCUT2D eigenvalue weighted by atomic mass is 16.5. The molecule has 6 heteroatoms. The number of tetrazole rings is 1. The summed E-state index contributed by atoms with van der Waals surface area (Å²) >= 11 is 0. The highest BCUT2D eigenvalue weighted by Crippen LogP contribution is 2.19. The van der Waals surface area contributed by atoms with Crippen molar-refractivity contribution in [2.24, 2.45) is 7.05 Å². The summed E-state index contributed by atoms with van der Waals surface area (Å²) in [5.74, 6) is 0. The molecular weight excluding hydrogens is 304 g/mol. The van der Waals surface area contributed by atoms with Gasteiger partial charge in [0.05, 0.1) is 18.9 Å². The number of aromatic nitrogens is 4. The van der Waals surface area contributed by atoms with Crippen LogP contribution >= 0.6 is 0 Å². The largest absolute Gasteiger partial charge is 0.372 e. The molecule has 0 amide bonds. The number of hydrogen-bond donors (Lipinski definition) is 0. The zero-order valence-electron chi connectivity index (χ0n) is 14.1. The summed E-state index contributed by atoms with van der Waals surface area (Å²) in [5.41, 5.74) is 4.78. The van der Waals surface area contributed by atoms with Gasteiger partial charge in [-0.05, 0) is 47.0 Å². The van der Waals surface area contributed by atoms with Crippen LogP contribution in [0.15, 0.2) is 47.3 Å². The van der Waals surface area contributed by atoms with Crippen molar-refractivity contribution in [3.63, 3.8) is 0 Å². The second-order valence-electron chi connectivity index (χ2n) is 5.79. The molecule has 1 aromatic heterocycles. The van der Waals surface area contributed by atoms with Crippen molar-refractivity contribution in [1.29, 1.82) is 0 Å². The Morgan fingerprint density at radius 2 is 1.71 bits per heavy atom. The van der Waals surface area contributed by atoms with Crippen LogP contribution in [0.5, 0.6) is 0 Å². The molecule has 0 radical (unpaired) electrons. The van der Waals surface area contributed by atoms with E-state index in [1.54, 1.807) is 7.05 Å². The van der Waals surface area contributed by atoms with Gasteiger partial charge in [-0.3, -0.25) is 0 Å². The van der Waals surface area contributed by atoms with Crippen LogP contribution < -0.4 is 5.69 Å². The SMILES string of the molecule is Cc1ccccc1COCc1c(C)cccc1-n1nnn(C)c1=O. The molecular formula is C18H20N4O2. The molecule has 24 heavy (non-hydrogen) atoms. The Balaban J connectivity index is 1.85. The minimum absolute atomic E-state index is 0.277. The first-order valence-electron chi connectivity index (χ1n) is 7.78. The summed E-state index contributed by atoms with van der Waals surface area (Å²) in [6.07, 6.45) is 0. The van der Waals surface area contributed by atoms with E-state index in [1.807, 2.05) is 37.3 Å². The van der Waals surface area contributed by atoms with E-state index in [-0.39, 0.29) is 5.69 Å². The molecule has 0 aliphatic rings. The van der Waals surface area contributed by atoms with Crippen LogP contribution in [0.1, 0.15) is 22.3 Å². The highest BCUT2D eigenvalue weighted by molar-refractivity contribution is 5.44. The van der Waals surface area contributed by atoms with Crippen LogP contribution in [0.25, 0.3) is 5.69 Å². The third kappa shape index (κ3) is 3.14. The summed E-state index contributed by atoms with van der Waals surface area (Å²) in [5, 5.41) is 7.71. The molecule has 124 valence electrons. The lowest BCUT2D eigenvalue weighted by Gasteiger charge is -2.13. The molecule has 0 fully saturated rings. The van der Waals surface area contributed by atoms with Crippen molar-refractivity contribution >= 4 is 0 Å². The standard InChI is InChI=1S/C18H20N4O2/c1-13-7-4-5-9-15(13)11-24-12-16-14(2)8-6-10-17(16)22-18(23)21(3)19-20-22/h4-10H,11-12H2,1-3H3. The highest BCUT2D eigenvalue weighted by Gasteiger charge is 2.13. The molecule has 0 atom stereocenters. The Hall–Kier alpha value is -2.73. The lowest BCUT2D eigenvalue weighted by atomic mass is 10.1. The Labute approximate surface area is 140 Å². The summed E-state index contributed by atoms with van der Waals surface area (Å²) in [7, 11) is 1.58. The fourth-order valence-corrected chi connectivity index (χ4v) is 2.57. The molecule has 0 bridgehead atoms. The second-order valence-corrected chi connectivity index (χ2v) is 5.79. The smallest absolute Gasteiger partial charge is 0.368 e. The first kappa shape index (κ1) is 16.1. The maximum absolute atomic E-state index is 12.1. The molecule has 0 saturated heterocycles. The molecule has 6 nitrogen and oxygen atoms in total. The van der Waals surface area contributed by atoms with Crippen LogP contribution in [0.2, 0.25) is 0 Å². The van der Waals surface area contributed by atoms with Crippen molar-refractivity contribution in [2.75, 3.05) is 0 Å². The molecule has 0 unspecified atom stereocenters. The van der Waals surface area contributed by atoms with Gasteiger partial charge >= 0.3 is 5.69 Å². The van der Waals surface area contributed by atoms with Crippen molar-refractivity contribution in [3.05, 3.63) is 75.2 Å². The van der Waals surface area contributed by atoms with Crippen LogP contribution in [-0.4, -0.2) is 19.8 Å². The predicted octanol–water partition coefficient (Wildman–Crippen LogP) is 2.30. The van der Waals surface area contributed by atoms with Gasteiger partial charge in [0.25, 0.3) is 0 Å². The van der Waals surface area contributed by atoms with E-state index < -0.39 is 0 Å². The number of nitrogens with zero attached hydrogens (tertiary/aromatic N) is 4. The third-order valence-electron chi connectivity index (χ3n) is 4.10. The zero-order valence-corrected chi connectivity index (χ0v) is 14.1. The number of benzene rings is 2. The minimum Gasteiger partial charge on any atom is -0.372 e. The normalized spacial score (nSPS) is 11.0. The zero-order chi connectivity index (χ0) is 17.1. The molecule has 0 saturated carbocycles. The number of aryl methyl sites for hydroxylation is 3. The van der Waals surface area contributed by atoms with Gasteiger partial charge in [-0.15, -0.1) is 0 Å². The van der Waals surface area contributed by atoms with Gasteiger partial charge in [-0.2, -0.15) is 9.36 Å². The molecule has 0 aliphatic carbocycles. The fraction of sp³-hybridized carbons (Fsp3) is 0.278. The third-order valence-corrected chi connectivity index (χ3v) is 4.10. The van der Waals surface area contributed by atoms with Gasteiger partial charge in [0.1, 0.15) is 0 Å². The number of rotatable bonds is 5. The summed E-state index contributed by atoms with van der Waals surface area (Å²) in [6, 6.07) is 13.9. The van der Waals surface area contributed by atoms with E-state index in [0.717, 1.165) is 16.7 Å². The second kappa shape index (κ2) is 6.80. The van der Waals surface area contributed by atoms with Crippen LogP contribution in [0, 0.1) is 13.8 Å². The Morgan fingerprint density at radius 1 is 0.958 bits per heavy atom. The van der Waals surface area contributed by atoms with Gasteiger partial charge in [-0.25, -0.2) is 4.79 Å². The van der Waals surface area contributed by atoms with Gasteiger partial charge in [0, 0.05) is 12.6 Å². The molecule has 3 aromatic rings. The lowest BCUT2D eigenvalue weighted by Crippen LogP contribution is -2.23. The van der Waals surface area contributed by atoms with E-state index in [1.165, 1.54) is 14.9 Å². The lowest BCUT2D eigenvalue weighted by molar-refractivity contribution is 0.106. The predicted molar refractivity (Wildman–Crippen MR) is 91.0 cm³/mol. The number of ether oxygens (including phenoxy) is 1. The molecule has 1 heterocycles. The van der Waals surface area contributed by atoms with E-state index in [4.69, 9.17) is 4.74 Å². The monoisotopic (exact) mass is 324 g/mol. The van der Waals surface area contributed by atoms with Gasteiger partial charge < -0.3 is 4.74 Å². The fourth-order valence-electron chi connectivity index (χ4n) is 2.57. The van der Waals surface area contributed by atoms with Gasteiger partial charge in [0.2, 0.25) is 0 Å². The van der Waals surface area contributed by atoms with Crippen LogP contribution in [0.4, 0.5) is 0 Å². The molecule has 0 aliphatic heterocycles. The van der Waals surface area contributed by atoms with E-state index in [0.29, 0.717) is 18.9 Å². The van der Waals surface area contributed by atoms with Crippen molar-refractivity contribution in [3.8, 4) is 5.69 Å². The topological polar surface area (TPSA) is 61.9 Å². The molecule has 3 rings (SSSR count). The van der Waals surface area contributed by atoms with Crippen molar-refractivity contribution in [1.82, 2.24) is 19.8 Å². The van der Waals surface area contributed by atoms with E-state index >= 15 is 0 Å². The molecule has 2 aromatic carbocycles. The first-order chi connectivity index (χ1) is 11.6. The Morgan fingerprint density at radius 3 is 2.42 bits per heavy atom. The van der Waals surface area contributed by atoms with E-state index in [2.05, 4.69) is 29.5 Å². The van der Waals surface area contributed by atoms with Crippen molar-refractivity contribution in [2.45, 2.75) is 27.1 Å². The molecule has 0 spiro atoms. The summed E-state index contributed by atoms with van der Waals surface area (Å²) < 4.78 is 8.42.